The fraction of sp³-hybridized carbons (Fsp3) is 0.0769. The first kappa shape index (κ1) is 13.2. The monoisotopic (exact) mass is 279 g/mol. The van der Waals surface area contributed by atoms with Gasteiger partial charge in [-0.25, -0.2) is 8.42 Å². The van der Waals surface area contributed by atoms with Crippen LogP contribution in [0.2, 0.25) is 0 Å². The van der Waals surface area contributed by atoms with Gasteiger partial charge < -0.3 is 9.84 Å². The summed E-state index contributed by atoms with van der Waals surface area (Å²) in [5.41, 5.74) is 0.294. The lowest BCUT2D eigenvalue weighted by molar-refractivity contribution is 0.413. The van der Waals surface area contributed by atoms with Gasteiger partial charge in [-0.05, 0) is 24.3 Å². The molecule has 100 valence electrons. The molecule has 0 aliphatic carbocycles. The zero-order valence-corrected chi connectivity index (χ0v) is 11.0. The van der Waals surface area contributed by atoms with E-state index in [4.69, 9.17) is 4.74 Å². The van der Waals surface area contributed by atoms with Crippen molar-refractivity contribution in [1.82, 2.24) is 0 Å². The van der Waals surface area contributed by atoms with E-state index >= 15 is 0 Å². The van der Waals surface area contributed by atoms with Crippen molar-refractivity contribution in [3.63, 3.8) is 0 Å². The van der Waals surface area contributed by atoms with Crippen LogP contribution in [0.5, 0.6) is 11.5 Å². The molecule has 0 aliphatic rings. The molecule has 0 radical (unpaired) electrons. The van der Waals surface area contributed by atoms with Crippen molar-refractivity contribution in [1.29, 1.82) is 0 Å². The molecule has 19 heavy (non-hydrogen) atoms. The molecule has 0 atom stereocenters. The van der Waals surface area contributed by atoms with E-state index in [-0.39, 0.29) is 10.6 Å². The average molecular weight is 279 g/mol. The second-order valence-electron chi connectivity index (χ2n) is 3.83. The van der Waals surface area contributed by atoms with E-state index in [1.807, 2.05) is 0 Å². The van der Waals surface area contributed by atoms with Gasteiger partial charge in [0.25, 0.3) is 10.0 Å². The Morgan fingerprint density at radius 1 is 1.11 bits per heavy atom. The number of hydrogen-bond donors (Lipinski definition) is 2. The molecule has 0 fully saturated rings. The third kappa shape index (κ3) is 3.17. The quantitative estimate of drug-likeness (QED) is 0.899. The van der Waals surface area contributed by atoms with Crippen molar-refractivity contribution >= 4 is 15.7 Å². The van der Waals surface area contributed by atoms with Crippen molar-refractivity contribution in [2.24, 2.45) is 0 Å². The van der Waals surface area contributed by atoms with Crippen LogP contribution in [0, 0.1) is 0 Å². The summed E-state index contributed by atoms with van der Waals surface area (Å²) in [6.07, 6.45) is 0. The minimum absolute atomic E-state index is 0.00848. The maximum absolute atomic E-state index is 12.1. The molecule has 6 heteroatoms. The Hall–Kier alpha value is -2.21. The van der Waals surface area contributed by atoms with Crippen LogP contribution >= 0.6 is 0 Å². The predicted octanol–water partition coefficient (Wildman–Crippen LogP) is 2.20. The molecule has 2 N–H and O–H groups in total. The summed E-state index contributed by atoms with van der Waals surface area (Å²) in [5.74, 6) is 0.449. The van der Waals surface area contributed by atoms with Crippen molar-refractivity contribution in [3.8, 4) is 11.5 Å². The van der Waals surface area contributed by atoms with Crippen LogP contribution in [-0.4, -0.2) is 20.6 Å². The Kier molecular flexibility index (Phi) is 3.62. The minimum atomic E-state index is -3.70. The van der Waals surface area contributed by atoms with Crippen LogP contribution in [0.25, 0.3) is 0 Å². The average Bonchev–Trinajstić information content (AvgIpc) is 2.38. The third-order valence-electron chi connectivity index (χ3n) is 2.45. The second-order valence-corrected chi connectivity index (χ2v) is 5.52. The summed E-state index contributed by atoms with van der Waals surface area (Å²) >= 11 is 0. The van der Waals surface area contributed by atoms with E-state index in [0.29, 0.717) is 11.4 Å². The minimum Gasteiger partial charge on any atom is -0.508 e. The highest BCUT2D eigenvalue weighted by atomic mass is 32.2. The summed E-state index contributed by atoms with van der Waals surface area (Å²) in [5, 5.41) is 9.31. The molecule has 0 saturated carbocycles. The largest absolute Gasteiger partial charge is 0.508 e. The van der Waals surface area contributed by atoms with E-state index in [1.165, 1.54) is 31.4 Å². The van der Waals surface area contributed by atoms with Crippen LogP contribution in [0.3, 0.4) is 0 Å². The molecule has 0 amide bonds. The van der Waals surface area contributed by atoms with E-state index in [1.54, 1.807) is 24.3 Å². The summed E-state index contributed by atoms with van der Waals surface area (Å²) < 4.78 is 31.6. The number of anilines is 1. The number of methoxy groups -OCH3 is 1. The second kappa shape index (κ2) is 5.19. The van der Waals surface area contributed by atoms with Gasteiger partial charge in [0, 0.05) is 12.1 Å². The highest BCUT2D eigenvalue weighted by Crippen LogP contribution is 2.22. The van der Waals surface area contributed by atoms with Crippen molar-refractivity contribution in [3.05, 3.63) is 48.5 Å². The Morgan fingerprint density at radius 3 is 2.53 bits per heavy atom. The summed E-state index contributed by atoms with van der Waals surface area (Å²) in [7, 11) is -2.24. The van der Waals surface area contributed by atoms with Gasteiger partial charge in [0.1, 0.15) is 11.5 Å². The van der Waals surface area contributed by atoms with Gasteiger partial charge >= 0.3 is 0 Å². The van der Waals surface area contributed by atoms with Gasteiger partial charge in [0.05, 0.1) is 17.7 Å². The maximum Gasteiger partial charge on any atom is 0.262 e. The first-order chi connectivity index (χ1) is 9.01. The molecule has 2 rings (SSSR count). The van der Waals surface area contributed by atoms with Gasteiger partial charge in [-0.1, -0.05) is 12.1 Å². The van der Waals surface area contributed by atoms with Crippen LogP contribution < -0.4 is 9.46 Å². The number of phenols is 1. The third-order valence-corrected chi connectivity index (χ3v) is 3.83. The number of nitrogens with one attached hydrogen (secondary N) is 1. The molecule has 2 aromatic rings. The Morgan fingerprint density at radius 2 is 1.84 bits per heavy atom. The van der Waals surface area contributed by atoms with Gasteiger partial charge in [-0.2, -0.15) is 0 Å². The standard InChI is InChI=1S/C13H13NO4S/c1-18-12-6-3-7-13(9-12)19(16,17)14-10-4-2-5-11(15)8-10/h2-9,14-15H,1H3. The van der Waals surface area contributed by atoms with Crippen LogP contribution in [0.15, 0.2) is 53.4 Å². The molecule has 0 saturated heterocycles. The summed E-state index contributed by atoms with van der Waals surface area (Å²) in [4.78, 5) is 0.0928. The molecule has 2 aromatic carbocycles. The molecule has 0 aromatic heterocycles. The normalized spacial score (nSPS) is 11.0. The van der Waals surface area contributed by atoms with Crippen molar-refractivity contribution < 1.29 is 18.3 Å². The Bertz CT molecular complexity index is 683. The lowest BCUT2D eigenvalue weighted by Gasteiger charge is -2.09. The van der Waals surface area contributed by atoms with Gasteiger partial charge in [0.2, 0.25) is 0 Å². The number of rotatable bonds is 4. The lowest BCUT2D eigenvalue weighted by atomic mass is 10.3. The van der Waals surface area contributed by atoms with Gasteiger partial charge in [-0.3, -0.25) is 4.72 Å². The molecule has 0 unspecified atom stereocenters. The van der Waals surface area contributed by atoms with Crippen LogP contribution in [0.1, 0.15) is 0 Å². The lowest BCUT2D eigenvalue weighted by Crippen LogP contribution is -2.12. The number of phenolic OH excluding ortho intramolecular Hbond substituents is 1. The van der Waals surface area contributed by atoms with Crippen LogP contribution in [-0.2, 0) is 10.0 Å². The highest BCUT2D eigenvalue weighted by molar-refractivity contribution is 7.92. The Labute approximate surface area is 111 Å². The van der Waals surface area contributed by atoms with Crippen molar-refractivity contribution in [2.45, 2.75) is 4.90 Å². The number of ether oxygens (including phenoxy) is 1. The number of sulfonamides is 1. The van der Waals surface area contributed by atoms with Crippen molar-refractivity contribution in [2.75, 3.05) is 11.8 Å². The SMILES string of the molecule is COc1cccc(S(=O)(=O)Nc2cccc(O)c2)c1. The van der Waals surface area contributed by atoms with E-state index in [9.17, 15) is 13.5 Å². The molecule has 0 spiro atoms. The van der Waals surface area contributed by atoms with Crippen LogP contribution in [0.4, 0.5) is 5.69 Å². The Balaban J connectivity index is 2.32. The van der Waals surface area contributed by atoms with Gasteiger partial charge in [0.15, 0.2) is 0 Å². The molecular formula is C13H13NO4S. The number of hydrogen-bond acceptors (Lipinski definition) is 4. The molecule has 5 nitrogen and oxygen atoms in total. The molecule has 0 bridgehead atoms. The zero-order chi connectivity index (χ0) is 13.9. The van der Waals surface area contributed by atoms with Gasteiger partial charge in [-0.15, -0.1) is 0 Å². The zero-order valence-electron chi connectivity index (χ0n) is 10.2. The number of aromatic hydroxyl groups is 1. The smallest absolute Gasteiger partial charge is 0.262 e. The highest BCUT2D eigenvalue weighted by Gasteiger charge is 2.14. The topological polar surface area (TPSA) is 75.6 Å². The van der Waals surface area contributed by atoms with E-state index in [2.05, 4.69) is 4.72 Å². The number of benzene rings is 2. The summed E-state index contributed by atoms with van der Waals surface area (Å²) in [6.45, 7) is 0. The predicted molar refractivity (Wildman–Crippen MR) is 71.9 cm³/mol. The molecular weight excluding hydrogens is 266 g/mol. The first-order valence-corrected chi connectivity index (χ1v) is 6.95. The fourth-order valence-electron chi connectivity index (χ4n) is 1.55. The van der Waals surface area contributed by atoms with E-state index in [0.717, 1.165) is 0 Å². The summed E-state index contributed by atoms with van der Waals surface area (Å²) in [6, 6.07) is 12.0. The maximum atomic E-state index is 12.1. The molecule has 0 aliphatic heterocycles. The molecule has 0 heterocycles. The first-order valence-electron chi connectivity index (χ1n) is 5.47. The van der Waals surface area contributed by atoms with E-state index < -0.39 is 10.0 Å². The fourth-order valence-corrected chi connectivity index (χ4v) is 2.64.